The monoisotopic (exact) mass is 310 g/mol. The summed E-state index contributed by atoms with van der Waals surface area (Å²) >= 11 is 3.25. The Bertz CT molecular complexity index is 580. The molecule has 0 radical (unpaired) electrons. The standard InChI is InChI=1S/C12H11BrN2O3/c1-2-15-7-11(6-14-15)18-10-4-8(12(16)17)3-9(13)5-10/h3-7H,2H2,1H3,(H,16,17). The van der Waals surface area contributed by atoms with Gasteiger partial charge in [-0.25, -0.2) is 4.79 Å². The van der Waals surface area contributed by atoms with Crippen molar-refractivity contribution in [2.24, 2.45) is 0 Å². The van der Waals surface area contributed by atoms with E-state index in [9.17, 15) is 4.79 Å². The molecule has 6 heteroatoms. The van der Waals surface area contributed by atoms with Gasteiger partial charge >= 0.3 is 5.97 Å². The maximum absolute atomic E-state index is 10.9. The van der Waals surface area contributed by atoms with Crippen molar-refractivity contribution in [2.75, 3.05) is 0 Å². The fourth-order valence-corrected chi connectivity index (χ4v) is 1.92. The summed E-state index contributed by atoms with van der Waals surface area (Å²) in [7, 11) is 0. The number of aromatic carboxylic acids is 1. The van der Waals surface area contributed by atoms with Crippen LogP contribution in [0.5, 0.6) is 11.5 Å². The molecule has 0 spiro atoms. The van der Waals surface area contributed by atoms with Crippen molar-refractivity contribution in [3.05, 3.63) is 40.6 Å². The second-order valence-corrected chi connectivity index (χ2v) is 4.53. The van der Waals surface area contributed by atoms with Crippen LogP contribution in [-0.2, 0) is 6.54 Å². The van der Waals surface area contributed by atoms with Crippen molar-refractivity contribution >= 4 is 21.9 Å². The van der Waals surface area contributed by atoms with Gasteiger partial charge in [0.25, 0.3) is 0 Å². The molecule has 0 bridgehead atoms. The van der Waals surface area contributed by atoms with Crippen molar-refractivity contribution in [3.8, 4) is 11.5 Å². The van der Waals surface area contributed by atoms with E-state index in [-0.39, 0.29) is 5.56 Å². The Labute approximate surface area is 112 Å². The topological polar surface area (TPSA) is 64.3 Å². The number of hydrogen-bond donors (Lipinski definition) is 1. The molecule has 0 saturated heterocycles. The van der Waals surface area contributed by atoms with Crippen LogP contribution in [0.4, 0.5) is 0 Å². The molecule has 0 unspecified atom stereocenters. The number of carbonyl (C=O) groups is 1. The number of halogens is 1. The molecule has 0 fully saturated rings. The van der Waals surface area contributed by atoms with E-state index in [0.717, 1.165) is 6.54 Å². The molecule has 0 aliphatic carbocycles. The zero-order chi connectivity index (χ0) is 13.1. The first kappa shape index (κ1) is 12.6. The van der Waals surface area contributed by atoms with Gasteiger partial charge in [-0.1, -0.05) is 15.9 Å². The quantitative estimate of drug-likeness (QED) is 0.942. The number of hydrogen-bond acceptors (Lipinski definition) is 3. The van der Waals surface area contributed by atoms with Gasteiger partial charge in [0, 0.05) is 11.0 Å². The van der Waals surface area contributed by atoms with Gasteiger partial charge in [0.2, 0.25) is 0 Å². The summed E-state index contributed by atoms with van der Waals surface area (Å²) in [5.41, 5.74) is 0.169. The van der Waals surface area contributed by atoms with Crippen molar-refractivity contribution in [3.63, 3.8) is 0 Å². The van der Waals surface area contributed by atoms with E-state index < -0.39 is 5.97 Å². The van der Waals surface area contributed by atoms with Crippen LogP contribution in [0, 0.1) is 0 Å². The Morgan fingerprint density at radius 1 is 1.44 bits per heavy atom. The fraction of sp³-hybridized carbons (Fsp3) is 0.167. The van der Waals surface area contributed by atoms with Crippen molar-refractivity contribution < 1.29 is 14.6 Å². The molecule has 0 atom stereocenters. The highest BCUT2D eigenvalue weighted by molar-refractivity contribution is 9.10. The maximum atomic E-state index is 10.9. The first-order chi connectivity index (χ1) is 8.58. The zero-order valence-electron chi connectivity index (χ0n) is 9.63. The van der Waals surface area contributed by atoms with E-state index in [1.807, 2.05) is 6.92 Å². The summed E-state index contributed by atoms with van der Waals surface area (Å²) in [4.78, 5) is 10.9. The van der Waals surface area contributed by atoms with Crippen LogP contribution in [0.2, 0.25) is 0 Å². The summed E-state index contributed by atoms with van der Waals surface area (Å²) in [6.45, 7) is 2.72. The lowest BCUT2D eigenvalue weighted by Crippen LogP contribution is -1.96. The summed E-state index contributed by atoms with van der Waals surface area (Å²) in [5.74, 6) is 0.0362. The van der Waals surface area contributed by atoms with Gasteiger partial charge in [0.1, 0.15) is 5.75 Å². The van der Waals surface area contributed by atoms with E-state index in [1.54, 1.807) is 23.1 Å². The fourth-order valence-electron chi connectivity index (χ4n) is 1.45. The number of rotatable bonds is 4. The minimum absolute atomic E-state index is 0.169. The third-order valence-corrected chi connectivity index (χ3v) is 2.75. The van der Waals surface area contributed by atoms with Crippen LogP contribution >= 0.6 is 15.9 Å². The number of aryl methyl sites for hydroxylation is 1. The smallest absolute Gasteiger partial charge is 0.335 e. The van der Waals surface area contributed by atoms with Gasteiger partial charge < -0.3 is 9.84 Å². The second-order valence-electron chi connectivity index (χ2n) is 3.61. The molecule has 2 aromatic rings. The number of carboxylic acids is 1. The highest BCUT2D eigenvalue weighted by Gasteiger charge is 2.08. The number of nitrogens with zero attached hydrogens (tertiary/aromatic N) is 2. The third-order valence-electron chi connectivity index (χ3n) is 2.29. The molecule has 1 aromatic heterocycles. The van der Waals surface area contributed by atoms with Crippen LogP contribution in [0.25, 0.3) is 0 Å². The molecule has 1 N–H and O–H groups in total. The van der Waals surface area contributed by atoms with E-state index in [1.165, 1.54) is 12.1 Å². The van der Waals surface area contributed by atoms with E-state index in [0.29, 0.717) is 16.0 Å². The van der Waals surface area contributed by atoms with Gasteiger partial charge in [-0.3, -0.25) is 4.68 Å². The molecule has 0 aliphatic heterocycles. The highest BCUT2D eigenvalue weighted by Crippen LogP contribution is 2.26. The minimum atomic E-state index is -0.995. The van der Waals surface area contributed by atoms with Crippen LogP contribution in [0.1, 0.15) is 17.3 Å². The molecule has 18 heavy (non-hydrogen) atoms. The lowest BCUT2D eigenvalue weighted by molar-refractivity contribution is 0.0696. The Hall–Kier alpha value is -1.82. The average Bonchev–Trinajstić information content (AvgIpc) is 2.76. The van der Waals surface area contributed by atoms with Crippen molar-refractivity contribution in [2.45, 2.75) is 13.5 Å². The molecule has 5 nitrogen and oxygen atoms in total. The largest absolute Gasteiger partial charge is 0.478 e. The van der Waals surface area contributed by atoms with Crippen LogP contribution < -0.4 is 4.74 Å². The molecule has 94 valence electrons. The normalized spacial score (nSPS) is 10.3. The molecular formula is C12H11BrN2O3. The summed E-state index contributed by atoms with van der Waals surface area (Å²) in [6.07, 6.45) is 3.34. The third kappa shape index (κ3) is 2.89. The predicted molar refractivity (Wildman–Crippen MR) is 69.1 cm³/mol. The van der Waals surface area contributed by atoms with Gasteiger partial charge in [0.05, 0.1) is 18.0 Å². The second kappa shape index (κ2) is 5.22. The highest BCUT2D eigenvalue weighted by atomic mass is 79.9. The van der Waals surface area contributed by atoms with Crippen LogP contribution in [0.3, 0.4) is 0 Å². The molecule has 0 saturated carbocycles. The SMILES string of the molecule is CCn1cc(Oc2cc(Br)cc(C(=O)O)c2)cn1. The number of carboxylic acid groups (broad SMARTS) is 1. The maximum Gasteiger partial charge on any atom is 0.335 e. The lowest BCUT2D eigenvalue weighted by atomic mass is 10.2. The van der Waals surface area contributed by atoms with Crippen LogP contribution in [0.15, 0.2) is 35.1 Å². The Balaban J connectivity index is 2.25. The minimum Gasteiger partial charge on any atom is -0.478 e. The van der Waals surface area contributed by atoms with Crippen LogP contribution in [-0.4, -0.2) is 20.9 Å². The molecule has 2 rings (SSSR count). The van der Waals surface area contributed by atoms with Gasteiger partial charge in [-0.05, 0) is 25.1 Å². The van der Waals surface area contributed by atoms with Gasteiger partial charge in [0.15, 0.2) is 5.75 Å². The number of benzene rings is 1. The van der Waals surface area contributed by atoms with E-state index in [4.69, 9.17) is 9.84 Å². The first-order valence-corrected chi connectivity index (χ1v) is 6.12. The molecule has 0 aliphatic rings. The van der Waals surface area contributed by atoms with E-state index >= 15 is 0 Å². The number of ether oxygens (including phenoxy) is 1. The lowest BCUT2D eigenvalue weighted by Gasteiger charge is -2.04. The number of aromatic nitrogens is 2. The van der Waals surface area contributed by atoms with Crippen molar-refractivity contribution in [1.82, 2.24) is 9.78 Å². The molecule has 1 heterocycles. The predicted octanol–water partition coefficient (Wildman–Crippen LogP) is 3.16. The summed E-state index contributed by atoms with van der Waals surface area (Å²) in [5, 5.41) is 13.0. The average molecular weight is 311 g/mol. The molecular weight excluding hydrogens is 300 g/mol. The molecule has 1 aromatic carbocycles. The van der Waals surface area contributed by atoms with Gasteiger partial charge in [-0.2, -0.15) is 5.10 Å². The molecule has 0 amide bonds. The summed E-state index contributed by atoms with van der Waals surface area (Å²) < 4.78 is 7.94. The Morgan fingerprint density at radius 2 is 2.22 bits per heavy atom. The Morgan fingerprint density at radius 3 is 2.83 bits per heavy atom. The zero-order valence-corrected chi connectivity index (χ0v) is 11.2. The first-order valence-electron chi connectivity index (χ1n) is 5.32. The summed E-state index contributed by atoms with van der Waals surface area (Å²) in [6, 6.07) is 4.69. The van der Waals surface area contributed by atoms with E-state index in [2.05, 4.69) is 21.0 Å². The Kier molecular flexibility index (Phi) is 3.66. The van der Waals surface area contributed by atoms with Crippen molar-refractivity contribution in [1.29, 1.82) is 0 Å². The van der Waals surface area contributed by atoms with Gasteiger partial charge in [-0.15, -0.1) is 0 Å².